The number of hydrogen-bond donors (Lipinski definition) is 1. The summed E-state index contributed by atoms with van der Waals surface area (Å²) >= 11 is 1.14. The van der Waals surface area contributed by atoms with Crippen LogP contribution in [0.15, 0.2) is 39.0 Å². The number of aryl methyl sites for hydroxylation is 2. The van der Waals surface area contributed by atoms with Crippen molar-refractivity contribution in [2.24, 2.45) is 21.1 Å². The Morgan fingerprint density at radius 1 is 1.07 bits per heavy atom. The molecular weight excluding hydrogens is 398 g/mol. The van der Waals surface area contributed by atoms with Crippen molar-refractivity contribution in [3.05, 3.63) is 50.7 Å². The number of nitrogens with zero attached hydrogens (tertiary/aromatic N) is 4. The van der Waals surface area contributed by atoms with E-state index in [9.17, 15) is 19.2 Å². The highest BCUT2D eigenvalue weighted by Gasteiger charge is 2.18. The fourth-order valence-corrected chi connectivity index (χ4v) is 3.59. The fraction of sp³-hybridized carbons (Fsp3) is 0.278. The molecular formula is C18H19N5O5S. The number of hydrogen-bond acceptors (Lipinski definition) is 7. The van der Waals surface area contributed by atoms with Crippen LogP contribution < -0.4 is 16.6 Å². The van der Waals surface area contributed by atoms with Crippen molar-refractivity contribution in [3.8, 4) is 0 Å². The number of amides is 1. The minimum atomic E-state index is -0.485. The van der Waals surface area contributed by atoms with E-state index in [1.54, 1.807) is 42.9 Å². The zero-order valence-corrected chi connectivity index (χ0v) is 17.1. The SMILES string of the molecule is COC(=O)c1ccc(NC(=O)CSc2nc3c(=O)n(C)c(=O)n(C)c3n2C)cc1. The number of rotatable bonds is 5. The molecule has 2 aromatic heterocycles. The van der Waals surface area contributed by atoms with Crippen LogP contribution in [0.2, 0.25) is 0 Å². The smallest absolute Gasteiger partial charge is 0.337 e. The number of carbonyl (C=O) groups excluding carboxylic acids is 2. The van der Waals surface area contributed by atoms with Gasteiger partial charge in [0, 0.05) is 26.8 Å². The number of benzene rings is 1. The summed E-state index contributed by atoms with van der Waals surface area (Å²) in [7, 11) is 5.93. The summed E-state index contributed by atoms with van der Waals surface area (Å²) in [5, 5.41) is 3.16. The van der Waals surface area contributed by atoms with E-state index in [-0.39, 0.29) is 17.2 Å². The first-order chi connectivity index (χ1) is 13.7. The predicted molar refractivity (Wildman–Crippen MR) is 108 cm³/mol. The Labute approximate surface area is 169 Å². The Morgan fingerprint density at radius 3 is 2.34 bits per heavy atom. The molecule has 0 aliphatic carbocycles. The molecule has 152 valence electrons. The number of aromatic nitrogens is 4. The van der Waals surface area contributed by atoms with Gasteiger partial charge in [0.05, 0.1) is 18.4 Å². The third-order valence-corrected chi connectivity index (χ3v) is 5.37. The van der Waals surface area contributed by atoms with Gasteiger partial charge in [-0.3, -0.25) is 18.7 Å². The van der Waals surface area contributed by atoms with Gasteiger partial charge in [0.25, 0.3) is 5.56 Å². The van der Waals surface area contributed by atoms with E-state index < -0.39 is 17.2 Å². The van der Waals surface area contributed by atoms with Gasteiger partial charge in [-0.05, 0) is 24.3 Å². The highest BCUT2D eigenvalue weighted by molar-refractivity contribution is 7.99. The maximum absolute atomic E-state index is 12.3. The van der Waals surface area contributed by atoms with Gasteiger partial charge in [0.1, 0.15) is 0 Å². The first-order valence-corrected chi connectivity index (χ1v) is 9.46. The van der Waals surface area contributed by atoms with Gasteiger partial charge in [0.15, 0.2) is 16.3 Å². The molecule has 1 aromatic carbocycles. The first kappa shape index (κ1) is 20.4. The molecule has 0 aliphatic heterocycles. The van der Waals surface area contributed by atoms with Crippen LogP contribution >= 0.6 is 11.8 Å². The van der Waals surface area contributed by atoms with Crippen LogP contribution in [0, 0.1) is 0 Å². The van der Waals surface area contributed by atoms with Crippen molar-refractivity contribution in [1.29, 1.82) is 0 Å². The average molecular weight is 417 g/mol. The summed E-state index contributed by atoms with van der Waals surface area (Å²) in [6.45, 7) is 0. The van der Waals surface area contributed by atoms with E-state index >= 15 is 0 Å². The maximum Gasteiger partial charge on any atom is 0.337 e. The van der Waals surface area contributed by atoms with E-state index in [2.05, 4.69) is 15.0 Å². The molecule has 0 unspecified atom stereocenters. The lowest BCUT2D eigenvalue weighted by molar-refractivity contribution is -0.113. The van der Waals surface area contributed by atoms with Crippen LogP contribution in [0.4, 0.5) is 5.69 Å². The summed E-state index contributed by atoms with van der Waals surface area (Å²) in [6.07, 6.45) is 0. The van der Waals surface area contributed by atoms with Crippen molar-refractivity contribution in [2.45, 2.75) is 5.16 Å². The quantitative estimate of drug-likeness (QED) is 0.474. The van der Waals surface area contributed by atoms with Gasteiger partial charge in [0.2, 0.25) is 5.91 Å². The fourth-order valence-electron chi connectivity index (χ4n) is 2.82. The molecule has 1 N–H and O–H groups in total. The van der Waals surface area contributed by atoms with Gasteiger partial charge >= 0.3 is 11.7 Å². The number of methoxy groups -OCH3 is 1. The van der Waals surface area contributed by atoms with Gasteiger partial charge in [-0.15, -0.1) is 0 Å². The molecule has 0 radical (unpaired) electrons. The lowest BCUT2D eigenvalue weighted by Crippen LogP contribution is -2.37. The van der Waals surface area contributed by atoms with E-state index in [4.69, 9.17) is 0 Å². The number of ether oxygens (including phenoxy) is 1. The van der Waals surface area contributed by atoms with E-state index in [0.29, 0.717) is 22.1 Å². The van der Waals surface area contributed by atoms with Crippen molar-refractivity contribution in [1.82, 2.24) is 18.7 Å². The van der Waals surface area contributed by atoms with E-state index in [0.717, 1.165) is 16.3 Å². The molecule has 11 heteroatoms. The second-order valence-electron chi connectivity index (χ2n) is 6.24. The average Bonchev–Trinajstić information content (AvgIpc) is 3.05. The molecule has 0 saturated heterocycles. The molecule has 0 atom stereocenters. The predicted octanol–water partition coefficient (Wildman–Crippen LogP) is 0.488. The molecule has 3 rings (SSSR count). The zero-order chi connectivity index (χ0) is 21.3. The molecule has 3 aromatic rings. The van der Waals surface area contributed by atoms with Crippen LogP contribution in [-0.4, -0.2) is 43.4 Å². The van der Waals surface area contributed by atoms with Crippen molar-refractivity contribution < 1.29 is 14.3 Å². The van der Waals surface area contributed by atoms with Crippen LogP contribution in [-0.2, 0) is 30.7 Å². The Morgan fingerprint density at radius 2 is 1.72 bits per heavy atom. The number of fused-ring (bicyclic) bond motifs is 1. The molecule has 29 heavy (non-hydrogen) atoms. The Kier molecular flexibility index (Phi) is 5.59. The van der Waals surface area contributed by atoms with Crippen LogP contribution in [0.5, 0.6) is 0 Å². The van der Waals surface area contributed by atoms with Gasteiger partial charge < -0.3 is 14.6 Å². The number of anilines is 1. The second-order valence-corrected chi connectivity index (χ2v) is 7.18. The lowest BCUT2D eigenvalue weighted by atomic mass is 10.2. The summed E-state index contributed by atoms with van der Waals surface area (Å²) in [6, 6.07) is 6.30. The summed E-state index contributed by atoms with van der Waals surface area (Å²) < 4.78 is 8.58. The van der Waals surface area contributed by atoms with E-state index in [1.807, 2.05) is 0 Å². The normalized spacial score (nSPS) is 10.9. The van der Waals surface area contributed by atoms with Crippen molar-refractivity contribution in [2.75, 3.05) is 18.2 Å². The zero-order valence-electron chi connectivity index (χ0n) is 16.3. The van der Waals surface area contributed by atoms with E-state index in [1.165, 1.54) is 18.7 Å². The van der Waals surface area contributed by atoms with Crippen LogP contribution in [0.3, 0.4) is 0 Å². The Bertz CT molecular complexity index is 1220. The minimum Gasteiger partial charge on any atom is -0.465 e. The Balaban J connectivity index is 1.74. The number of esters is 1. The molecule has 1 amide bonds. The number of imidazole rings is 1. The Hall–Kier alpha value is -3.34. The molecule has 10 nitrogen and oxygen atoms in total. The molecule has 0 spiro atoms. The maximum atomic E-state index is 12.3. The lowest BCUT2D eigenvalue weighted by Gasteiger charge is -2.07. The number of nitrogens with one attached hydrogen (secondary N) is 1. The van der Waals surface area contributed by atoms with Crippen molar-refractivity contribution in [3.63, 3.8) is 0 Å². The van der Waals surface area contributed by atoms with Crippen molar-refractivity contribution >= 4 is 40.5 Å². The number of carbonyl (C=O) groups is 2. The topological polar surface area (TPSA) is 117 Å². The second kappa shape index (κ2) is 7.95. The molecule has 0 saturated carbocycles. The summed E-state index contributed by atoms with van der Waals surface area (Å²) in [4.78, 5) is 52.4. The monoisotopic (exact) mass is 417 g/mol. The highest BCUT2D eigenvalue weighted by Crippen LogP contribution is 2.20. The number of thioether (sulfide) groups is 1. The third kappa shape index (κ3) is 3.81. The van der Waals surface area contributed by atoms with Crippen LogP contribution in [0.25, 0.3) is 11.2 Å². The van der Waals surface area contributed by atoms with Gasteiger partial charge in [-0.25, -0.2) is 14.6 Å². The summed E-state index contributed by atoms with van der Waals surface area (Å²) in [5.74, 6) is -0.694. The first-order valence-electron chi connectivity index (χ1n) is 8.48. The highest BCUT2D eigenvalue weighted by atomic mass is 32.2. The molecule has 0 bridgehead atoms. The molecule has 0 fully saturated rings. The van der Waals surface area contributed by atoms with Crippen LogP contribution in [0.1, 0.15) is 10.4 Å². The largest absolute Gasteiger partial charge is 0.465 e. The molecule has 2 heterocycles. The van der Waals surface area contributed by atoms with Gasteiger partial charge in [-0.2, -0.15) is 0 Å². The summed E-state index contributed by atoms with van der Waals surface area (Å²) in [5.41, 5.74) is 0.532. The minimum absolute atomic E-state index is 0.0458. The van der Waals surface area contributed by atoms with Gasteiger partial charge in [-0.1, -0.05) is 11.8 Å². The molecule has 0 aliphatic rings. The third-order valence-electron chi connectivity index (χ3n) is 4.34. The standard InChI is InChI=1S/C18H19N5O5S/c1-21-14-13(15(25)23(3)18(27)22(14)2)20-17(21)29-9-12(24)19-11-7-5-10(6-8-11)16(26)28-4/h5-8H,9H2,1-4H3,(H,19,24).